The first kappa shape index (κ1) is 16.2. The van der Waals surface area contributed by atoms with Crippen molar-refractivity contribution in [2.45, 2.75) is 65.8 Å². The lowest BCUT2D eigenvalue weighted by atomic mass is 9.68. The van der Waals surface area contributed by atoms with E-state index in [-0.39, 0.29) is 5.54 Å². The first-order valence-corrected chi connectivity index (χ1v) is 7.39. The van der Waals surface area contributed by atoms with Crippen LogP contribution in [-0.2, 0) is 0 Å². The van der Waals surface area contributed by atoms with Crippen LogP contribution in [0, 0.1) is 11.3 Å². The van der Waals surface area contributed by atoms with Gasteiger partial charge in [-0.15, -0.1) is 0 Å². The molecule has 0 aromatic heterocycles. The normalized spacial score (nSPS) is 26.5. The minimum absolute atomic E-state index is 0.167. The Morgan fingerprint density at radius 1 is 1.42 bits per heavy atom. The number of rotatable bonds is 5. The molecule has 1 aliphatic carbocycles. The zero-order valence-corrected chi connectivity index (χ0v) is 13.5. The molecule has 0 aromatic rings. The van der Waals surface area contributed by atoms with Crippen LogP contribution in [0.1, 0.15) is 60.3 Å². The van der Waals surface area contributed by atoms with Gasteiger partial charge in [-0.3, -0.25) is 0 Å². The van der Waals surface area contributed by atoms with Gasteiger partial charge >= 0.3 is 0 Å². The predicted octanol–water partition coefficient (Wildman–Crippen LogP) is 5.00. The maximum atomic E-state index is 6.67. The number of allylic oxidation sites excluding steroid dienone is 3. The average Bonchev–Trinajstić information content (AvgIpc) is 2.67. The van der Waals surface area contributed by atoms with E-state index < -0.39 is 0 Å². The van der Waals surface area contributed by atoms with Gasteiger partial charge in [0, 0.05) is 5.54 Å². The molecule has 0 aliphatic heterocycles. The van der Waals surface area contributed by atoms with Crippen molar-refractivity contribution in [3.05, 3.63) is 36.0 Å². The third kappa shape index (κ3) is 3.60. The molecule has 0 amide bonds. The molecule has 108 valence electrons. The average molecular weight is 261 g/mol. The second-order valence-corrected chi connectivity index (χ2v) is 7.23. The Hall–Kier alpha value is -0.820. The van der Waals surface area contributed by atoms with Crippen molar-refractivity contribution < 1.29 is 0 Å². The maximum Gasteiger partial charge on any atom is 0.0200 e. The lowest BCUT2D eigenvalue weighted by molar-refractivity contribution is 0.157. The monoisotopic (exact) mass is 261 g/mol. The highest BCUT2D eigenvalue weighted by molar-refractivity contribution is 5.36. The third-order valence-electron chi connectivity index (χ3n) is 5.08. The van der Waals surface area contributed by atoms with Crippen molar-refractivity contribution in [2.24, 2.45) is 17.1 Å². The number of hydrogen-bond acceptors (Lipinski definition) is 1. The summed E-state index contributed by atoms with van der Waals surface area (Å²) in [4.78, 5) is 0. The summed E-state index contributed by atoms with van der Waals surface area (Å²) in [5.41, 5.74) is 10.5. The zero-order chi connectivity index (χ0) is 14.8. The predicted molar refractivity (Wildman–Crippen MR) is 86.0 cm³/mol. The molecule has 2 atom stereocenters. The van der Waals surface area contributed by atoms with Crippen LogP contribution in [0.4, 0.5) is 0 Å². The van der Waals surface area contributed by atoms with Crippen molar-refractivity contribution in [1.82, 2.24) is 0 Å². The minimum atomic E-state index is -0.167. The van der Waals surface area contributed by atoms with E-state index in [0.29, 0.717) is 11.3 Å². The number of nitrogens with two attached hydrogens (primary N) is 1. The molecule has 0 heterocycles. The standard InChI is InChI=1S/C18H31N/c1-8-13(2)15(4)14(3)12-18(7,19)16-10-9-11-17(16,5)6/h8,16H,1,3,9-12,19H2,2,4-7H3/b15-13-. The highest BCUT2D eigenvalue weighted by Gasteiger charge is 2.44. The Morgan fingerprint density at radius 3 is 2.42 bits per heavy atom. The van der Waals surface area contributed by atoms with E-state index >= 15 is 0 Å². The molecule has 0 aromatic carbocycles. The SMILES string of the molecule is C=C/C(C)=C(/C)C(=C)CC(C)(N)C1CCCC1(C)C. The molecule has 2 unspecified atom stereocenters. The molecule has 0 bridgehead atoms. The number of hydrogen-bond donors (Lipinski definition) is 1. The molecule has 1 saturated carbocycles. The van der Waals surface area contributed by atoms with Gasteiger partial charge in [0.15, 0.2) is 0 Å². The summed E-state index contributed by atoms with van der Waals surface area (Å²) < 4.78 is 0. The van der Waals surface area contributed by atoms with Crippen LogP contribution in [0.2, 0.25) is 0 Å². The summed E-state index contributed by atoms with van der Waals surface area (Å²) in [6.07, 6.45) is 6.61. The molecule has 1 heteroatoms. The highest BCUT2D eigenvalue weighted by Crippen LogP contribution is 2.48. The van der Waals surface area contributed by atoms with Crippen LogP contribution < -0.4 is 5.73 Å². The summed E-state index contributed by atoms with van der Waals surface area (Å²) in [6.45, 7) is 19.2. The Labute approximate surface area is 119 Å². The van der Waals surface area contributed by atoms with Crippen molar-refractivity contribution in [3.8, 4) is 0 Å². The summed E-state index contributed by atoms with van der Waals surface area (Å²) in [5.74, 6) is 0.577. The van der Waals surface area contributed by atoms with Crippen molar-refractivity contribution >= 4 is 0 Å². The van der Waals surface area contributed by atoms with Crippen LogP contribution in [-0.4, -0.2) is 5.54 Å². The van der Waals surface area contributed by atoms with Gasteiger partial charge in [-0.05, 0) is 62.5 Å². The Bertz CT molecular complexity index is 396. The van der Waals surface area contributed by atoms with Crippen LogP contribution in [0.5, 0.6) is 0 Å². The zero-order valence-electron chi connectivity index (χ0n) is 13.5. The molecular weight excluding hydrogens is 230 g/mol. The van der Waals surface area contributed by atoms with Gasteiger partial charge in [0.1, 0.15) is 0 Å². The van der Waals surface area contributed by atoms with Gasteiger partial charge in [0.2, 0.25) is 0 Å². The van der Waals surface area contributed by atoms with Gasteiger partial charge in [0.25, 0.3) is 0 Å². The van der Waals surface area contributed by atoms with Crippen molar-refractivity contribution in [2.75, 3.05) is 0 Å². The Morgan fingerprint density at radius 2 is 2.00 bits per heavy atom. The van der Waals surface area contributed by atoms with Crippen LogP contribution in [0.3, 0.4) is 0 Å². The molecule has 1 nitrogen and oxygen atoms in total. The molecule has 1 fully saturated rings. The van der Waals surface area contributed by atoms with Crippen molar-refractivity contribution in [3.63, 3.8) is 0 Å². The molecule has 0 spiro atoms. The van der Waals surface area contributed by atoms with E-state index in [1.165, 1.54) is 30.4 Å². The summed E-state index contributed by atoms with van der Waals surface area (Å²) in [5, 5.41) is 0. The molecule has 1 aliphatic rings. The fourth-order valence-corrected chi connectivity index (χ4v) is 3.70. The lowest BCUT2D eigenvalue weighted by Crippen LogP contribution is -2.48. The van der Waals surface area contributed by atoms with E-state index in [1.54, 1.807) is 0 Å². The van der Waals surface area contributed by atoms with E-state index in [1.807, 2.05) is 6.08 Å². The topological polar surface area (TPSA) is 26.0 Å². The molecule has 19 heavy (non-hydrogen) atoms. The molecule has 1 rings (SSSR count). The molecule has 2 N–H and O–H groups in total. The van der Waals surface area contributed by atoms with Crippen molar-refractivity contribution in [1.29, 1.82) is 0 Å². The van der Waals surface area contributed by atoms with Gasteiger partial charge < -0.3 is 5.73 Å². The quantitative estimate of drug-likeness (QED) is 0.692. The fourth-order valence-electron chi connectivity index (χ4n) is 3.70. The summed E-state index contributed by atoms with van der Waals surface area (Å²) in [6, 6.07) is 0. The molecular formula is C18H31N. The van der Waals surface area contributed by atoms with Gasteiger partial charge in [-0.1, -0.05) is 45.1 Å². The Kier molecular flexibility index (Phi) is 4.84. The summed E-state index contributed by atoms with van der Waals surface area (Å²) >= 11 is 0. The molecule has 0 radical (unpaired) electrons. The second-order valence-electron chi connectivity index (χ2n) is 7.23. The highest BCUT2D eigenvalue weighted by atomic mass is 14.8. The summed E-state index contributed by atoms with van der Waals surface area (Å²) in [7, 11) is 0. The molecule has 0 saturated heterocycles. The van der Waals surface area contributed by atoms with E-state index in [9.17, 15) is 0 Å². The Balaban J connectivity index is 2.86. The van der Waals surface area contributed by atoms with Crippen LogP contribution in [0.25, 0.3) is 0 Å². The first-order valence-electron chi connectivity index (χ1n) is 7.39. The van der Waals surface area contributed by atoms with Gasteiger partial charge in [-0.25, -0.2) is 0 Å². The second kappa shape index (κ2) is 5.66. The van der Waals surface area contributed by atoms with E-state index in [4.69, 9.17) is 5.73 Å². The van der Waals surface area contributed by atoms with E-state index in [2.05, 4.69) is 47.8 Å². The third-order valence-corrected chi connectivity index (χ3v) is 5.08. The smallest absolute Gasteiger partial charge is 0.0200 e. The van der Waals surface area contributed by atoms with Crippen LogP contribution >= 0.6 is 0 Å². The van der Waals surface area contributed by atoms with Crippen LogP contribution in [0.15, 0.2) is 36.0 Å². The van der Waals surface area contributed by atoms with Gasteiger partial charge in [-0.2, -0.15) is 0 Å². The fraction of sp³-hybridized carbons (Fsp3) is 0.667. The first-order chi connectivity index (χ1) is 8.62. The lowest BCUT2D eigenvalue weighted by Gasteiger charge is -2.41. The van der Waals surface area contributed by atoms with Gasteiger partial charge in [0.05, 0.1) is 0 Å². The van der Waals surface area contributed by atoms with E-state index in [0.717, 1.165) is 12.0 Å². The minimum Gasteiger partial charge on any atom is -0.325 e. The maximum absolute atomic E-state index is 6.67. The largest absolute Gasteiger partial charge is 0.325 e.